The van der Waals surface area contributed by atoms with Gasteiger partial charge in [-0.1, -0.05) is 24.3 Å². The van der Waals surface area contributed by atoms with Gasteiger partial charge in [0.25, 0.3) is 0 Å². The normalized spacial score (nSPS) is 14.3. The van der Waals surface area contributed by atoms with Crippen LogP contribution in [0.3, 0.4) is 0 Å². The van der Waals surface area contributed by atoms with Crippen LogP contribution < -0.4 is 10.1 Å². The summed E-state index contributed by atoms with van der Waals surface area (Å²) >= 11 is 0. The van der Waals surface area contributed by atoms with Crippen molar-refractivity contribution in [3.05, 3.63) is 59.7 Å². The fraction of sp³-hybridized carbons (Fsp3) is 0.391. The van der Waals surface area contributed by atoms with Gasteiger partial charge in [0.15, 0.2) is 0 Å². The van der Waals surface area contributed by atoms with Crippen molar-refractivity contribution in [1.82, 2.24) is 4.90 Å². The van der Waals surface area contributed by atoms with E-state index in [1.807, 2.05) is 53.4 Å². The molecule has 0 spiro atoms. The monoisotopic (exact) mass is 412 g/mol. The second-order valence-electron chi connectivity index (χ2n) is 7.26. The number of carbonyl (C=O) groups excluding carboxylic acids is 2. The molecule has 2 amide bonds. The van der Waals surface area contributed by atoms with Gasteiger partial charge in [-0.3, -0.25) is 10.1 Å². The number of amides is 2. The number of rotatable bonds is 7. The van der Waals surface area contributed by atoms with E-state index in [9.17, 15) is 9.59 Å². The first-order chi connectivity index (χ1) is 14.5. The molecule has 3 rings (SSSR count). The van der Waals surface area contributed by atoms with Crippen LogP contribution in [0.5, 0.6) is 5.75 Å². The first kappa shape index (κ1) is 21.6. The number of anilines is 1. The van der Waals surface area contributed by atoms with E-state index in [-0.39, 0.29) is 18.6 Å². The minimum absolute atomic E-state index is 0.124. The summed E-state index contributed by atoms with van der Waals surface area (Å²) in [5.74, 6) is 0.882. The average Bonchev–Trinajstić information content (AvgIpc) is 2.78. The van der Waals surface area contributed by atoms with Crippen molar-refractivity contribution in [3.63, 3.8) is 0 Å². The molecule has 160 valence electrons. The predicted octanol–water partition coefficient (Wildman–Crippen LogP) is 3.97. The van der Waals surface area contributed by atoms with Gasteiger partial charge in [0, 0.05) is 25.7 Å². The molecule has 30 heavy (non-hydrogen) atoms. The van der Waals surface area contributed by atoms with Gasteiger partial charge in [-0.25, -0.2) is 4.79 Å². The number of ether oxygens (including phenoxy) is 3. The van der Waals surface area contributed by atoms with Crippen molar-refractivity contribution >= 4 is 17.7 Å². The maximum Gasteiger partial charge on any atom is 0.411 e. The van der Waals surface area contributed by atoms with Gasteiger partial charge in [0.1, 0.15) is 12.4 Å². The minimum Gasteiger partial charge on any atom is -0.497 e. The number of hydrogen-bond donors (Lipinski definition) is 1. The summed E-state index contributed by atoms with van der Waals surface area (Å²) in [6.45, 7) is 3.80. The Bertz CT molecular complexity index is 828. The van der Waals surface area contributed by atoms with E-state index in [2.05, 4.69) is 5.32 Å². The van der Waals surface area contributed by atoms with Crippen molar-refractivity contribution < 1.29 is 23.8 Å². The van der Waals surface area contributed by atoms with Gasteiger partial charge in [-0.2, -0.15) is 0 Å². The maximum atomic E-state index is 12.0. The van der Waals surface area contributed by atoms with Crippen LogP contribution in [0.2, 0.25) is 0 Å². The molecule has 1 aliphatic heterocycles. The van der Waals surface area contributed by atoms with Gasteiger partial charge in [-0.05, 0) is 48.2 Å². The zero-order chi connectivity index (χ0) is 21.3. The van der Waals surface area contributed by atoms with Crippen LogP contribution in [-0.4, -0.2) is 43.2 Å². The van der Waals surface area contributed by atoms with Crippen molar-refractivity contribution in [2.75, 3.05) is 25.5 Å². The molecule has 2 aromatic rings. The molecule has 1 N–H and O–H groups in total. The van der Waals surface area contributed by atoms with Gasteiger partial charge in [0.2, 0.25) is 5.91 Å². The second-order valence-corrected chi connectivity index (χ2v) is 7.26. The van der Waals surface area contributed by atoms with Crippen LogP contribution in [0.1, 0.15) is 30.9 Å². The quantitative estimate of drug-likeness (QED) is 0.745. The molecule has 0 aliphatic carbocycles. The smallest absolute Gasteiger partial charge is 0.411 e. The number of hydrogen-bond acceptors (Lipinski definition) is 5. The molecular formula is C23H28N2O5. The molecule has 1 fully saturated rings. The number of nitrogens with zero attached hydrogens (tertiary/aromatic N) is 1. The van der Waals surface area contributed by atoms with Crippen LogP contribution in [0.25, 0.3) is 0 Å². The second kappa shape index (κ2) is 10.6. The van der Waals surface area contributed by atoms with E-state index >= 15 is 0 Å². The van der Waals surface area contributed by atoms with Crippen LogP contribution in [0, 0.1) is 0 Å². The molecule has 7 heteroatoms. The summed E-state index contributed by atoms with van der Waals surface area (Å²) in [6, 6.07) is 14.8. The molecule has 0 unspecified atom stereocenters. The molecule has 1 saturated heterocycles. The molecule has 1 aliphatic rings. The lowest BCUT2D eigenvalue weighted by atomic mass is 10.1. The van der Waals surface area contributed by atoms with Gasteiger partial charge in [-0.15, -0.1) is 0 Å². The Hall–Kier alpha value is -3.06. The van der Waals surface area contributed by atoms with Crippen molar-refractivity contribution in [2.45, 2.75) is 39.1 Å². The molecule has 1 heterocycles. The van der Waals surface area contributed by atoms with E-state index in [1.165, 1.54) is 0 Å². The average molecular weight is 412 g/mol. The van der Waals surface area contributed by atoms with Crippen molar-refractivity contribution in [3.8, 4) is 5.75 Å². The van der Waals surface area contributed by atoms with Gasteiger partial charge in [0.05, 0.1) is 19.8 Å². The third-order valence-corrected chi connectivity index (χ3v) is 5.10. The van der Waals surface area contributed by atoms with Gasteiger partial charge >= 0.3 is 6.09 Å². The zero-order valence-corrected chi connectivity index (χ0v) is 17.4. The summed E-state index contributed by atoms with van der Waals surface area (Å²) in [5.41, 5.74) is 2.57. The molecule has 0 bridgehead atoms. The molecular weight excluding hydrogens is 384 g/mol. The Morgan fingerprint density at radius 3 is 2.17 bits per heavy atom. The van der Waals surface area contributed by atoms with Crippen molar-refractivity contribution in [1.29, 1.82) is 0 Å². The molecule has 2 aromatic carbocycles. The summed E-state index contributed by atoms with van der Waals surface area (Å²) in [6.07, 6.45) is 1.39. The van der Waals surface area contributed by atoms with E-state index < -0.39 is 6.09 Å². The standard InChI is InChI=1S/C23H28N2O5/c1-17(26)25-13-11-22(12-14-25)29-15-18-3-7-20(8-4-18)24-23(27)30-16-19-5-9-21(28-2)10-6-19/h3-10,22H,11-16H2,1-2H3,(H,24,27). The van der Waals surface area contributed by atoms with E-state index in [1.54, 1.807) is 14.0 Å². The minimum atomic E-state index is -0.507. The lowest BCUT2D eigenvalue weighted by molar-refractivity contribution is -0.131. The number of piperidine rings is 1. The Labute approximate surface area is 176 Å². The maximum absolute atomic E-state index is 12.0. The fourth-order valence-electron chi connectivity index (χ4n) is 3.26. The van der Waals surface area contributed by atoms with Gasteiger partial charge < -0.3 is 19.1 Å². The van der Waals surface area contributed by atoms with E-state index in [4.69, 9.17) is 14.2 Å². The number of likely N-dealkylation sites (tertiary alicyclic amines) is 1. The SMILES string of the molecule is COc1ccc(COC(=O)Nc2ccc(COC3CCN(C(C)=O)CC3)cc2)cc1. The highest BCUT2D eigenvalue weighted by Crippen LogP contribution is 2.17. The van der Waals surface area contributed by atoms with Crippen LogP contribution in [0.15, 0.2) is 48.5 Å². The summed E-state index contributed by atoms with van der Waals surface area (Å²) in [5, 5.41) is 2.72. The fourth-order valence-corrected chi connectivity index (χ4v) is 3.26. The van der Waals surface area contributed by atoms with Crippen LogP contribution >= 0.6 is 0 Å². The van der Waals surface area contributed by atoms with E-state index in [0.29, 0.717) is 12.3 Å². The number of nitrogens with one attached hydrogen (secondary N) is 1. The molecule has 0 aromatic heterocycles. The third-order valence-electron chi connectivity index (χ3n) is 5.10. The number of methoxy groups -OCH3 is 1. The highest BCUT2D eigenvalue weighted by Gasteiger charge is 2.21. The molecule has 7 nitrogen and oxygen atoms in total. The summed E-state index contributed by atoms with van der Waals surface area (Å²) < 4.78 is 16.3. The zero-order valence-electron chi connectivity index (χ0n) is 17.4. The Morgan fingerprint density at radius 2 is 1.57 bits per heavy atom. The predicted molar refractivity (Wildman–Crippen MR) is 113 cm³/mol. The lowest BCUT2D eigenvalue weighted by Crippen LogP contribution is -2.39. The Balaban J connectivity index is 1.38. The molecule has 0 saturated carbocycles. The third kappa shape index (κ3) is 6.49. The first-order valence-corrected chi connectivity index (χ1v) is 10.1. The lowest BCUT2D eigenvalue weighted by Gasteiger charge is -2.31. The van der Waals surface area contributed by atoms with Crippen LogP contribution in [0.4, 0.5) is 10.5 Å². The Kier molecular flexibility index (Phi) is 7.68. The van der Waals surface area contributed by atoms with Crippen LogP contribution in [-0.2, 0) is 27.5 Å². The Morgan fingerprint density at radius 1 is 0.967 bits per heavy atom. The summed E-state index contributed by atoms with van der Waals surface area (Å²) in [7, 11) is 1.61. The summed E-state index contributed by atoms with van der Waals surface area (Å²) in [4.78, 5) is 25.2. The number of carbonyl (C=O) groups is 2. The topological polar surface area (TPSA) is 77.1 Å². The highest BCUT2D eigenvalue weighted by molar-refractivity contribution is 5.84. The first-order valence-electron chi connectivity index (χ1n) is 10.1. The molecule has 0 atom stereocenters. The largest absolute Gasteiger partial charge is 0.497 e. The number of benzene rings is 2. The highest BCUT2D eigenvalue weighted by atomic mass is 16.5. The van der Waals surface area contributed by atoms with E-state index in [0.717, 1.165) is 42.8 Å². The van der Waals surface area contributed by atoms with Crippen molar-refractivity contribution in [2.24, 2.45) is 0 Å². The molecule has 0 radical (unpaired) electrons.